The number of nitrogens with two attached hydrogens (primary N) is 1. The molecule has 2 atom stereocenters. The van der Waals surface area contributed by atoms with Gasteiger partial charge in [0.05, 0.1) is 30.6 Å². The zero-order chi connectivity index (χ0) is 35.9. The van der Waals surface area contributed by atoms with Crippen LogP contribution in [0.5, 0.6) is 0 Å². The van der Waals surface area contributed by atoms with Crippen LogP contribution in [0.25, 0.3) is 17.2 Å². The van der Waals surface area contributed by atoms with E-state index in [0.29, 0.717) is 59.0 Å². The Labute approximate surface area is 295 Å². The number of methoxy groups -OCH3 is 1. The Morgan fingerprint density at radius 2 is 1.94 bits per heavy atom. The van der Waals surface area contributed by atoms with Crippen LogP contribution in [0.15, 0.2) is 71.0 Å². The fourth-order valence-corrected chi connectivity index (χ4v) is 5.46. The zero-order valence-corrected chi connectivity index (χ0v) is 28.7. The lowest BCUT2D eigenvalue weighted by atomic mass is 9.96. The molecule has 0 aliphatic carbocycles. The minimum Gasteiger partial charge on any atom is -0.464 e. The topological polar surface area (TPSA) is 182 Å². The van der Waals surface area contributed by atoms with Crippen molar-refractivity contribution in [2.75, 3.05) is 42.6 Å². The number of hydrogen-bond acceptors (Lipinski definition) is 11. The van der Waals surface area contributed by atoms with E-state index in [2.05, 4.69) is 37.9 Å². The quantitative estimate of drug-likeness (QED) is 0.0347. The number of benzene rings is 2. The number of nitrogens with one attached hydrogen (secondary N) is 3. The van der Waals surface area contributed by atoms with E-state index >= 15 is 0 Å². The summed E-state index contributed by atoms with van der Waals surface area (Å²) >= 11 is 6.23. The number of hydrazine groups is 1. The Bertz CT molecular complexity index is 1720. The maximum Gasteiger partial charge on any atom is 0.411 e. The molecular formula is C35H41ClN8O6. The first-order chi connectivity index (χ1) is 24.2. The molecule has 15 heteroatoms. The molecule has 14 nitrogen and oxygen atoms in total. The van der Waals surface area contributed by atoms with Gasteiger partial charge in [-0.3, -0.25) is 20.1 Å². The van der Waals surface area contributed by atoms with Crippen molar-refractivity contribution in [3.63, 3.8) is 0 Å². The molecule has 264 valence electrons. The van der Waals surface area contributed by atoms with Gasteiger partial charge in [0, 0.05) is 53.6 Å². The Balaban J connectivity index is 1.63. The minimum atomic E-state index is -0.657. The number of fused-ring (bicyclic) bond motifs is 4. The van der Waals surface area contributed by atoms with Crippen molar-refractivity contribution in [1.29, 1.82) is 0 Å². The van der Waals surface area contributed by atoms with Crippen molar-refractivity contribution in [3.8, 4) is 11.1 Å². The van der Waals surface area contributed by atoms with Gasteiger partial charge in [0.25, 0.3) is 0 Å². The predicted octanol–water partition coefficient (Wildman–Crippen LogP) is 5.71. The van der Waals surface area contributed by atoms with Crippen LogP contribution in [0, 0.1) is 0 Å². The highest BCUT2D eigenvalue weighted by atomic mass is 35.5. The van der Waals surface area contributed by atoms with Crippen LogP contribution in [0.2, 0.25) is 5.02 Å². The van der Waals surface area contributed by atoms with Gasteiger partial charge in [-0.15, -0.1) is 5.10 Å². The molecule has 0 radical (unpaired) electrons. The van der Waals surface area contributed by atoms with Crippen molar-refractivity contribution in [1.82, 2.24) is 10.3 Å². The van der Waals surface area contributed by atoms with Gasteiger partial charge >= 0.3 is 12.1 Å². The molecule has 2 amide bonds. The number of rotatable bonds is 12. The molecular weight excluding hydrogens is 664 g/mol. The average molecular weight is 705 g/mol. The Morgan fingerprint density at radius 1 is 1.12 bits per heavy atom. The van der Waals surface area contributed by atoms with Gasteiger partial charge in [0.15, 0.2) is 0 Å². The number of nitrogens with zero attached hydrogens (tertiary/aromatic N) is 4. The van der Waals surface area contributed by atoms with Crippen LogP contribution in [0.1, 0.15) is 49.9 Å². The average Bonchev–Trinajstić information content (AvgIpc) is 3.10. The third kappa shape index (κ3) is 10.9. The summed E-state index contributed by atoms with van der Waals surface area (Å²) in [5, 5.41) is 18.0. The van der Waals surface area contributed by atoms with Gasteiger partial charge in [-0.25, -0.2) is 15.4 Å². The molecule has 5 N–H and O–H groups in total. The molecule has 2 heterocycles. The smallest absolute Gasteiger partial charge is 0.411 e. The van der Waals surface area contributed by atoms with E-state index in [-0.39, 0.29) is 31.7 Å². The van der Waals surface area contributed by atoms with Crippen LogP contribution >= 0.6 is 11.6 Å². The van der Waals surface area contributed by atoms with Gasteiger partial charge in [0.1, 0.15) is 19.0 Å². The third-order valence-corrected chi connectivity index (χ3v) is 7.86. The summed E-state index contributed by atoms with van der Waals surface area (Å²) in [5.74, 6) is 5.34. The standard InChI is InChI=1S/C35H41ClN8O6/c1-4-49-34(46)29-8-6-5-7-28(43-33(45)14-9-24-19-25(36)10-13-32(24)44(37)22-40-38-2)31-20-23(15-16-39-31)27-12-11-26(21-30(27)42-29)41-35(47)50-18-17-48-3/h9-16,19-22,28-29,42H,2,4-8,17-18,37H2,1,3H3,(H,41,47)(H,43,45)/b14-9+,40-22-/t28-,29+/m0/s1. The second kappa shape index (κ2) is 19.0. The Hall–Kier alpha value is -5.31. The zero-order valence-electron chi connectivity index (χ0n) is 27.9. The van der Waals surface area contributed by atoms with E-state index in [4.69, 9.17) is 31.7 Å². The second-order valence-corrected chi connectivity index (χ2v) is 11.5. The van der Waals surface area contributed by atoms with E-state index in [1.165, 1.54) is 24.5 Å². The number of carbonyl (C=O) groups is 3. The summed E-state index contributed by atoms with van der Waals surface area (Å²) in [4.78, 5) is 43.4. The molecule has 0 spiro atoms. The fourth-order valence-electron chi connectivity index (χ4n) is 5.28. The number of halogens is 1. The van der Waals surface area contributed by atoms with E-state index in [9.17, 15) is 14.4 Å². The first-order valence-electron chi connectivity index (χ1n) is 16.0. The van der Waals surface area contributed by atoms with Gasteiger partial charge in [-0.05, 0) is 73.9 Å². The fraction of sp³-hybridized carbons (Fsp3) is 0.314. The molecule has 50 heavy (non-hydrogen) atoms. The molecule has 4 rings (SSSR count). The predicted molar refractivity (Wildman–Crippen MR) is 195 cm³/mol. The number of amides is 2. The molecule has 0 fully saturated rings. The van der Waals surface area contributed by atoms with Crippen molar-refractivity contribution in [2.45, 2.75) is 44.7 Å². The van der Waals surface area contributed by atoms with Crippen LogP contribution in [-0.2, 0) is 23.8 Å². The summed E-state index contributed by atoms with van der Waals surface area (Å²) < 4.78 is 15.5. The maximum absolute atomic E-state index is 13.3. The number of hydrogen-bond donors (Lipinski definition) is 4. The van der Waals surface area contributed by atoms with Crippen molar-refractivity contribution in [2.24, 2.45) is 16.0 Å². The number of ether oxygens (including phenoxy) is 3. The lowest BCUT2D eigenvalue weighted by molar-refractivity contribution is -0.144. The van der Waals surface area contributed by atoms with E-state index in [0.717, 1.165) is 11.1 Å². The maximum atomic E-state index is 13.3. The van der Waals surface area contributed by atoms with Crippen molar-refractivity contribution < 1.29 is 28.6 Å². The highest BCUT2D eigenvalue weighted by Gasteiger charge is 2.24. The van der Waals surface area contributed by atoms with E-state index in [1.807, 2.05) is 18.2 Å². The second-order valence-electron chi connectivity index (χ2n) is 11.1. The summed E-state index contributed by atoms with van der Waals surface area (Å²) in [6.07, 6.45) is 7.69. The molecule has 1 aromatic heterocycles. The third-order valence-electron chi connectivity index (χ3n) is 7.63. The number of carbonyl (C=O) groups excluding carboxylic acids is 3. The SMILES string of the molecule is C=N/N=C\N(N)c1ccc(Cl)cc1/C=C/C(=O)N[C@H]1CCCC[C@H](C(=O)OCC)Nc2cc(NC(=O)OCCOC)ccc2-c2ccnc1c2. The largest absolute Gasteiger partial charge is 0.464 e. The summed E-state index contributed by atoms with van der Waals surface area (Å²) in [6.45, 7) is 5.66. The minimum absolute atomic E-state index is 0.0982. The lowest BCUT2D eigenvalue weighted by Crippen LogP contribution is -2.32. The molecule has 0 saturated carbocycles. The summed E-state index contributed by atoms with van der Waals surface area (Å²) in [7, 11) is 1.52. The lowest BCUT2D eigenvalue weighted by Gasteiger charge is -2.24. The number of aromatic nitrogens is 1. The molecule has 2 bridgehead atoms. The van der Waals surface area contributed by atoms with Crippen LogP contribution in [0.3, 0.4) is 0 Å². The van der Waals surface area contributed by atoms with Crippen LogP contribution in [0.4, 0.5) is 21.9 Å². The summed E-state index contributed by atoms with van der Waals surface area (Å²) in [5.41, 5.74) is 4.37. The van der Waals surface area contributed by atoms with Crippen LogP contribution < -0.4 is 26.8 Å². The monoisotopic (exact) mass is 704 g/mol. The van der Waals surface area contributed by atoms with Crippen LogP contribution in [-0.4, -0.2) is 69.0 Å². The van der Waals surface area contributed by atoms with Gasteiger partial charge in [0.2, 0.25) is 5.91 Å². The molecule has 0 unspecified atom stereocenters. The number of pyridine rings is 1. The van der Waals surface area contributed by atoms with Gasteiger partial charge < -0.3 is 24.8 Å². The number of anilines is 3. The molecule has 3 aromatic rings. The van der Waals surface area contributed by atoms with Gasteiger partial charge in [-0.2, -0.15) is 5.10 Å². The van der Waals surface area contributed by atoms with Crippen molar-refractivity contribution >= 4 is 65.8 Å². The first kappa shape index (κ1) is 37.5. The first-order valence-corrected chi connectivity index (χ1v) is 16.4. The summed E-state index contributed by atoms with van der Waals surface area (Å²) in [6, 6.07) is 13.0. The molecule has 0 saturated heterocycles. The Morgan fingerprint density at radius 3 is 2.72 bits per heavy atom. The van der Waals surface area contributed by atoms with E-state index in [1.54, 1.807) is 49.5 Å². The highest BCUT2D eigenvalue weighted by Crippen LogP contribution is 2.34. The number of esters is 1. The molecule has 2 aromatic carbocycles. The normalized spacial score (nSPS) is 15.9. The van der Waals surface area contributed by atoms with Crippen molar-refractivity contribution in [3.05, 3.63) is 77.1 Å². The molecule has 1 aliphatic rings. The molecule has 1 aliphatic heterocycles. The Kier molecular flexibility index (Phi) is 14.3. The van der Waals surface area contributed by atoms with Gasteiger partial charge in [-0.1, -0.05) is 30.5 Å². The van der Waals surface area contributed by atoms with E-state index < -0.39 is 18.2 Å². The highest BCUT2D eigenvalue weighted by molar-refractivity contribution is 6.30.